The number of nitrogens with zero attached hydrogens (tertiary/aromatic N) is 1. The molecule has 17 heavy (non-hydrogen) atoms. The summed E-state index contributed by atoms with van der Waals surface area (Å²) in [5.41, 5.74) is 3.70. The molecular formula is C13H10N2O2. The summed E-state index contributed by atoms with van der Waals surface area (Å²) >= 11 is 0. The van der Waals surface area contributed by atoms with Crippen LogP contribution in [0.5, 0.6) is 0 Å². The van der Waals surface area contributed by atoms with E-state index in [4.69, 9.17) is 4.42 Å². The van der Waals surface area contributed by atoms with Crippen molar-refractivity contribution in [3.05, 3.63) is 60.7 Å². The minimum absolute atomic E-state index is 0.267. The quantitative estimate of drug-likeness (QED) is 0.730. The average molecular weight is 226 g/mol. The molecule has 3 aromatic rings. The molecule has 84 valence electrons. The molecule has 0 bridgehead atoms. The zero-order valence-corrected chi connectivity index (χ0v) is 8.96. The third-order valence-corrected chi connectivity index (χ3v) is 2.57. The number of benzene rings is 1. The Balaban J connectivity index is 1.93. The average Bonchev–Trinajstić information content (AvgIpc) is 2.98. The topological polar surface area (TPSA) is 47.2 Å². The van der Waals surface area contributed by atoms with Gasteiger partial charge in [0, 0.05) is 11.6 Å². The predicted molar refractivity (Wildman–Crippen MR) is 64.3 cm³/mol. The summed E-state index contributed by atoms with van der Waals surface area (Å²) in [6.07, 6.45) is 3.29. The molecule has 0 aliphatic heterocycles. The zero-order valence-electron chi connectivity index (χ0n) is 8.96. The molecule has 0 unspecified atom stereocenters. The molecular weight excluding hydrogens is 216 g/mol. The SMILES string of the molecule is O=C(Nn1ccc2ccccc21)c1ccco1. The van der Waals surface area contributed by atoms with Crippen LogP contribution in [0.3, 0.4) is 0 Å². The van der Waals surface area contributed by atoms with Crippen LogP contribution in [0.4, 0.5) is 0 Å². The fourth-order valence-corrected chi connectivity index (χ4v) is 1.75. The van der Waals surface area contributed by atoms with Crippen LogP contribution in [0.1, 0.15) is 10.6 Å². The lowest BCUT2D eigenvalue weighted by Crippen LogP contribution is -2.21. The molecule has 1 amide bonds. The first-order valence-electron chi connectivity index (χ1n) is 5.25. The van der Waals surface area contributed by atoms with Crippen molar-refractivity contribution in [3.63, 3.8) is 0 Å². The van der Waals surface area contributed by atoms with Crippen LogP contribution in [-0.2, 0) is 0 Å². The van der Waals surface area contributed by atoms with Crippen LogP contribution >= 0.6 is 0 Å². The van der Waals surface area contributed by atoms with Crippen molar-refractivity contribution in [2.45, 2.75) is 0 Å². The maximum Gasteiger partial charge on any atom is 0.305 e. The fraction of sp³-hybridized carbons (Fsp3) is 0. The molecule has 1 aromatic carbocycles. The first kappa shape index (κ1) is 9.72. The standard InChI is InChI=1S/C13H10N2O2/c16-13(12-6-3-9-17-12)14-15-8-7-10-4-1-2-5-11(10)15/h1-9H,(H,14,16). The fourth-order valence-electron chi connectivity index (χ4n) is 1.75. The number of rotatable bonds is 2. The number of furan rings is 1. The van der Waals surface area contributed by atoms with E-state index in [1.54, 1.807) is 16.8 Å². The summed E-state index contributed by atoms with van der Waals surface area (Å²) in [5.74, 6) is 0.0270. The van der Waals surface area contributed by atoms with Gasteiger partial charge in [0.1, 0.15) is 0 Å². The third-order valence-electron chi connectivity index (χ3n) is 2.57. The van der Waals surface area contributed by atoms with Gasteiger partial charge in [0.15, 0.2) is 5.76 Å². The Morgan fingerprint density at radius 1 is 1.12 bits per heavy atom. The van der Waals surface area contributed by atoms with Crippen LogP contribution in [-0.4, -0.2) is 10.6 Å². The normalized spacial score (nSPS) is 10.6. The summed E-state index contributed by atoms with van der Waals surface area (Å²) in [5, 5.41) is 1.08. The number of carbonyl (C=O) groups excluding carboxylic acids is 1. The molecule has 0 atom stereocenters. The number of hydrogen-bond acceptors (Lipinski definition) is 2. The number of hydrogen-bond donors (Lipinski definition) is 1. The van der Waals surface area contributed by atoms with Crippen molar-refractivity contribution in [2.75, 3.05) is 5.43 Å². The monoisotopic (exact) mass is 226 g/mol. The van der Waals surface area contributed by atoms with Gasteiger partial charge in [-0.05, 0) is 24.3 Å². The molecule has 0 aliphatic rings. The Labute approximate surface area is 97.4 Å². The van der Waals surface area contributed by atoms with E-state index in [0.29, 0.717) is 5.76 Å². The van der Waals surface area contributed by atoms with E-state index < -0.39 is 0 Å². The number of carbonyl (C=O) groups is 1. The van der Waals surface area contributed by atoms with E-state index in [1.807, 2.05) is 36.5 Å². The van der Waals surface area contributed by atoms with Gasteiger partial charge in [-0.2, -0.15) is 0 Å². The van der Waals surface area contributed by atoms with Gasteiger partial charge in [0.2, 0.25) is 0 Å². The van der Waals surface area contributed by atoms with Gasteiger partial charge in [-0.15, -0.1) is 0 Å². The Morgan fingerprint density at radius 3 is 2.82 bits per heavy atom. The molecule has 2 aromatic heterocycles. The van der Waals surface area contributed by atoms with Crippen molar-refractivity contribution in [1.29, 1.82) is 0 Å². The van der Waals surface area contributed by atoms with Crippen LogP contribution in [0.25, 0.3) is 10.9 Å². The number of nitrogens with one attached hydrogen (secondary N) is 1. The lowest BCUT2D eigenvalue weighted by Gasteiger charge is -2.05. The Kier molecular flexibility index (Phi) is 2.19. The van der Waals surface area contributed by atoms with E-state index >= 15 is 0 Å². The van der Waals surface area contributed by atoms with E-state index in [9.17, 15) is 4.79 Å². The van der Waals surface area contributed by atoms with Gasteiger partial charge < -0.3 is 4.42 Å². The molecule has 0 saturated carbocycles. The Morgan fingerprint density at radius 2 is 2.00 bits per heavy atom. The number of para-hydroxylation sites is 1. The van der Waals surface area contributed by atoms with Crippen LogP contribution in [0.2, 0.25) is 0 Å². The molecule has 0 saturated heterocycles. The second-order valence-corrected chi connectivity index (χ2v) is 3.66. The molecule has 2 heterocycles. The van der Waals surface area contributed by atoms with Crippen molar-refractivity contribution in [3.8, 4) is 0 Å². The second kappa shape index (κ2) is 3.83. The predicted octanol–water partition coefficient (Wildman–Crippen LogP) is 2.62. The Bertz CT molecular complexity index is 653. The highest BCUT2D eigenvalue weighted by Crippen LogP contribution is 2.13. The maximum absolute atomic E-state index is 11.8. The van der Waals surface area contributed by atoms with Gasteiger partial charge in [0.25, 0.3) is 0 Å². The van der Waals surface area contributed by atoms with Crippen LogP contribution in [0, 0.1) is 0 Å². The first-order valence-corrected chi connectivity index (χ1v) is 5.25. The smallest absolute Gasteiger partial charge is 0.305 e. The van der Waals surface area contributed by atoms with E-state index in [0.717, 1.165) is 10.9 Å². The van der Waals surface area contributed by atoms with Gasteiger partial charge >= 0.3 is 5.91 Å². The molecule has 0 radical (unpaired) electrons. The molecule has 4 heteroatoms. The minimum Gasteiger partial charge on any atom is -0.459 e. The first-order chi connectivity index (χ1) is 8.34. The van der Waals surface area contributed by atoms with E-state index in [1.165, 1.54) is 6.26 Å². The number of fused-ring (bicyclic) bond motifs is 1. The van der Waals surface area contributed by atoms with E-state index in [2.05, 4.69) is 5.43 Å². The molecule has 0 fully saturated rings. The summed E-state index contributed by atoms with van der Waals surface area (Å²) in [4.78, 5) is 11.8. The molecule has 0 spiro atoms. The van der Waals surface area contributed by atoms with Gasteiger partial charge in [-0.25, -0.2) is 0 Å². The minimum atomic E-state index is -0.267. The lowest BCUT2D eigenvalue weighted by atomic mass is 10.3. The largest absolute Gasteiger partial charge is 0.459 e. The summed E-state index contributed by atoms with van der Waals surface area (Å²) in [7, 11) is 0. The molecule has 1 N–H and O–H groups in total. The van der Waals surface area contributed by atoms with Gasteiger partial charge in [0.05, 0.1) is 11.8 Å². The highest BCUT2D eigenvalue weighted by molar-refractivity contribution is 5.98. The summed E-state index contributed by atoms with van der Waals surface area (Å²) < 4.78 is 6.71. The molecule has 0 aliphatic carbocycles. The maximum atomic E-state index is 11.8. The lowest BCUT2D eigenvalue weighted by molar-refractivity contribution is 0.0982. The van der Waals surface area contributed by atoms with E-state index in [-0.39, 0.29) is 5.91 Å². The summed E-state index contributed by atoms with van der Waals surface area (Å²) in [6, 6.07) is 13.1. The second-order valence-electron chi connectivity index (χ2n) is 3.66. The summed E-state index contributed by atoms with van der Waals surface area (Å²) in [6.45, 7) is 0. The number of aromatic nitrogens is 1. The van der Waals surface area contributed by atoms with Gasteiger partial charge in [-0.3, -0.25) is 14.9 Å². The Hall–Kier alpha value is -2.49. The highest BCUT2D eigenvalue weighted by Gasteiger charge is 2.09. The third kappa shape index (κ3) is 1.69. The van der Waals surface area contributed by atoms with Crippen molar-refractivity contribution in [1.82, 2.24) is 4.68 Å². The highest BCUT2D eigenvalue weighted by atomic mass is 16.3. The van der Waals surface area contributed by atoms with Crippen LogP contribution < -0.4 is 5.43 Å². The zero-order chi connectivity index (χ0) is 11.7. The molecule has 4 nitrogen and oxygen atoms in total. The van der Waals surface area contributed by atoms with Gasteiger partial charge in [-0.1, -0.05) is 18.2 Å². The van der Waals surface area contributed by atoms with Crippen molar-refractivity contribution >= 4 is 16.8 Å². The molecule has 3 rings (SSSR count). The van der Waals surface area contributed by atoms with Crippen LogP contribution in [0.15, 0.2) is 59.3 Å². The van der Waals surface area contributed by atoms with Crippen molar-refractivity contribution in [2.24, 2.45) is 0 Å². The van der Waals surface area contributed by atoms with Crippen molar-refractivity contribution < 1.29 is 9.21 Å². The number of amides is 1.